The largest absolute Gasteiger partial charge is 0.360 e. The van der Waals surface area contributed by atoms with E-state index in [9.17, 15) is 9.59 Å². The van der Waals surface area contributed by atoms with Crippen LogP contribution >= 0.6 is 0 Å². The lowest BCUT2D eigenvalue weighted by Crippen LogP contribution is -2.43. The number of hydrogen-bond acceptors (Lipinski definition) is 4. The lowest BCUT2D eigenvalue weighted by atomic mass is 9.89. The van der Waals surface area contributed by atoms with Crippen LogP contribution in [0.4, 0.5) is 16.3 Å². The molecule has 2 aromatic rings. The van der Waals surface area contributed by atoms with Crippen LogP contribution in [0.3, 0.4) is 0 Å². The van der Waals surface area contributed by atoms with Crippen LogP contribution in [0.5, 0.6) is 0 Å². The molecule has 0 aliphatic heterocycles. The van der Waals surface area contributed by atoms with Crippen LogP contribution in [-0.4, -0.2) is 35.1 Å². The van der Waals surface area contributed by atoms with Gasteiger partial charge in [-0.2, -0.15) is 0 Å². The molecule has 1 fully saturated rings. The summed E-state index contributed by atoms with van der Waals surface area (Å²) in [6, 6.07) is 9.01. The number of nitrogens with one attached hydrogen (secondary N) is 2. The number of aryl methyl sites for hydroxylation is 2. The second kappa shape index (κ2) is 9.39. The molecule has 1 aromatic carbocycles. The normalized spacial score (nSPS) is 14.5. The Morgan fingerprint density at radius 1 is 1.14 bits per heavy atom. The van der Waals surface area contributed by atoms with Crippen molar-refractivity contribution >= 4 is 23.4 Å². The van der Waals surface area contributed by atoms with Crippen molar-refractivity contribution in [2.24, 2.45) is 5.92 Å². The number of aromatic nitrogens is 1. The standard InChI is InChI=1S/C21H28N4O3/c1-15-8-6-7-11-18(15)22-21(27)25(13-17-9-4-3-5-10-17)14-20(26)23-19-12-16(2)28-24-19/h6-8,11-12,17H,3-5,9-10,13-14H2,1-2H3,(H,22,27)(H,23,24,26). The summed E-state index contributed by atoms with van der Waals surface area (Å²) in [7, 11) is 0. The Kier molecular flexibility index (Phi) is 6.68. The summed E-state index contributed by atoms with van der Waals surface area (Å²) in [5, 5.41) is 9.42. The molecule has 3 amide bonds. The third kappa shape index (κ3) is 5.58. The third-order valence-electron chi connectivity index (χ3n) is 5.11. The SMILES string of the molecule is Cc1cc(NC(=O)CN(CC2CCCCC2)C(=O)Nc2ccccc2C)no1. The molecule has 0 radical (unpaired) electrons. The molecule has 7 nitrogen and oxygen atoms in total. The number of carbonyl (C=O) groups is 2. The van der Waals surface area contributed by atoms with Gasteiger partial charge in [0.15, 0.2) is 5.82 Å². The topological polar surface area (TPSA) is 87.5 Å². The van der Waals surface area contributed by atoms with Gasteiger partial charge in [0.1, 0.15) is 12.3 Å². The molecular formula is C21H28N4O3. The van der Waals surface area contributed by atoms with E-state index in [0.717, 1.165) is 24.1 Å². The molecule has 1 saturated carbocycles. The van der Waals surface area contributed by atoms with Crippen molar-refractivity contribution in [3.8, 4) is 0 Å². The van der Waals surface area contributed by atoms with Gasteiger partial charge in [0.2, 0.25) is 5.91 Å². The quantitative estimate of drug-likeness (QED) is 0.775. The fourth-order valence-electron chi connectivity index (χ4n) is 3.59. The zero-order valence-electron chi connectivity index (χ0n) is 16.5. The first-order valence-electron chi connectivity index (χ1n) is 9.86. The highest BCUT2D eigenvalue weighted by molar-refractivity contribution is 5.96. The second-order valence-corrected chi connectivity index (χ2v) is 7.50. The average Bonchev–Trinajstić information content (AvgIpc) is 3.08. The van der Waals surface area contributed by atoms with Gasteiger partial charge < -0.3 is 20.1 Å². The number of rotatable bonds is 6. The Morgan fingerprint density at radius 3 is 2.57 bits per heavy atom. The van der Waals surface area contributed by atoms with Gasteiger partial charge in [-0.25, -0.2) is 4.79 Å². The summed E-state index contributed by atoms with van der Waals surface area (Å²) in [4.78, 5) is 27.0. The van der Waals surface area contributed by atoms with E-state index >= 15 is 0 Å². The molecule has 2 N–H and O–H groups in total. The maximum Gasteiger partial charge on any atom is 0.322 e. The van der Waals surface area contributed by atoms with Gasteiger partial charge in [-0.3, -0.25) is 4.79 Å². The Labute approximate surface area is 165 Å². The first-order chi connectivity index (χ1) is 13.5. The molecular weight excluding hydrogens is 356 g/mol. The van der Waals surface area contributed by atoms with E-state index in [4.69, 9.17) is 4.52 Å². The molecule has 150 valence electrons. The van der Waals surface area contributed by atoms with Crippen LogP contribution in [0.25, 0.3) is 0 Å². The average molecular weight is 384 g/mol. The summed E-state index contributed by atoms with van der Waals surface area (Å²) in [6.45, 7) is 4.25. The monoisotopic (exact) mass is 384 g/mol. The summed E-state index contributed by atoms with van der Waals surface area (Å²) < 4.78 is 4.97. The molecule has 1 aromatic heterocycles. The molecule has 0 atom stereocenters. The predicted molar refractivity (Wildman–Crippen MR) is 108 cm³/mol. The minimum Gasteiger partial charge on any atom is -0.360 e. The third-order valence-corrected chi connectivity index (χ3v) is 5.11. The fraction of sp³-hybridized carbons (Fsp3) is 0.476. The number of benzene rings is 1. The Morgan fingerprint density at radius 2 is 1.89 bits per heavy atom. The van der Waals surface area contributed by atoms with Crippen LogP contribution in [0.2, 0.25) is 0 Å². The highest BCUT2D eigenvalue weighted by atomic mass is 16.5. The first-order valence-corrected chi connectivity index (χ1v) is 9.86. The van der Waals surface area contributed by atoms with Crippen molar-refractivity contribution in [3.63, 3.8) is 0 Å². The number of para-hydroxylation sites is 1. The molecule has 3 rings (SSSR count). The van der Waals surface area contributed by atoms with E-state index in [0.29, 0.717) is 24.0 Å². The van der Waals surface area contributed by atoms with Gasteiger partial charge >= 0.3 is 6.03 Å². The van der Waals surface area contributed by atoms with Crippen LogP contribution < -0.4 is 10.6 Å². The summed E-state index contributed by atoms with van der Waals surface area (Å²) in [5.41, 5.74) is 1.74. The van der Waals surface area contributed by atoms with Crippen molar-refractivity contribution in [1.82, 2.24) is 10.1 Å². The molecule has 0 spiro atoms. The van der Waals surface area contributed by atoms with E-state index in [2.05, 4.69) is 15.8 Å². The zero-order chi connectivity index (χ0) is 19.9. The maximum absolute atomic E-state index is 12.9. The molecule has 0 bridgehead atoms. The van der Waals surface area contributed by atoms with E-state index in [-0.39, 0.29) is 18.5 Å². The first kappa shape index (κ1) is 19.9. The molecule has 7 heteroatoms. The van der Waals surface area contributed by atoms with Crippen LogP contribution in [0, 0.1) is 19.8 Å². The lowest BCUT2D eigenvalue weighted by Gasteiger charge is -2.29. The minimum absolute atomic E-state index is 0.0277. The van der Waals surface area contributed by atoms with Gasteiger partial charge in [-0.05, 0) is 44.2 Å². The van der Waals surface area contributed by atoms with Gasteiger partial charge in [0.05, 0.1) is 0 Å². The van der Waals surface area contributed by atoms with Crippen LogP contribution in [-0.2, 0) is 4.79 Å². The molecule has 28 heavy (non-hydrogen) atoms. The molecule has 1 heterocycles. The van der Waals surface area contributed by atoms with Gasteiger partial charge in [-0.1, -0.05) is 42.6 Å². The van der Waals surface area contributed by atoms with E-state index in [1.54, 1.807) is 17.9 Å². The van der Waals surface area contributed by atoms with Crippen LogP contribution in [0.15, 0.2) is 34.9 Å². The Bertz CT molecular complexity index is 811. The van der Waals surface area contributed by atoms with Gasteiger partial charge in [0, 0.05) is 18.3 Å². The van der Waals surface area contributed by atoms with Crippen LogP contribution in [0.1, 0.15) is 43.4 Å². The van der Waals surface area contributed by atoms with Crippen molar-refractivity contribution < 1.29 is 14.1 Å². The maximum atomic E-state index is 12.9. The highest BCUT2D eigenvalue weighted by Crippen LogP contribution is 2.25. The van der Waals surface area contributed by atoms with Gasteiger partial charge in [-0.15, -0.1) is 0 Å². The molecule has 1 aliphatic rings. The van der Waals surface area contributed by atoms with E-state index in [1.165, 1.54) is 19.3 Å². The number of anilines is 2. The summed E-state index contributed by atoms with van der Waals surface area (Å²) >= 11 is 0. The van der Waals surface area contributed by atoms with E-state index in [1.807, 2.05) is 31.2 Å². The van der Waals surface area contributed by atoms with Gasteiger partial charge in [0.25, 0.3) is 0 Å². The fourth-order valence-corrected chi connectivity index (χ4v) is 3.59. The number of urea groups is 1. The number of carbonyl (C=O) groups excluding carboxylic acids is 2. The van der Waals surface area contributed by atoms with Crippen molar-refractivity contribution in [2.45, 2.75) is 46.0 Å². The molecule has 1 aliphatic carbocycles. The zero-order valence-corrected chi connectivity index (χ0v) is 16.5. The summed E-state index contributed by atoms with van der Waals surface area (Å²) in [5.74, 6) is 1.12. The Hall–Kier alpha value is -2.83. The van der Waals surface area contributed by atoms with Crippen molar-refractivity contribution in [3.05, 3.63) is 41.7 Å². The van der Waals surface area contributed by atoms with Crippen molar-refractivity contribution in [1.29, 1.82) is 0 Å². The number of hydrogen-bond donors (Lipinski definition) is 2. The molecule has 0 saturated heterocycles. The Balaban J connectivity index is 1.67. The summed E-state index contributed by atoms with van der Waals surface area (Å²) in [6.07, 6.45) is 5.80. The lowest BCUT2D eigenvalue weighted by molar-refractivity contribution is -0.116. The molecule has 0 unspecified atom stereocenters. The number of nitrogens with zero attached hydrogens (tertiary/aromatic N) is 2. The van der Waals surface area contributed by atoms with Crippen molar-refractivity contribution in [2.75, 3.05) is 23.7 Å². The minimum atomic E-state index is -0.288. The second-order valence-electron chi connectivity index (χ2n) is 7.50. The highest BCUT2D eigenvalue weighted by Gasteiger charge is 2.23. The van der Waals surface area contributed by atoms with E-state index < -0.39 is 0 Å². The predicted octanol–water partition coefficient (Wildman–Crippen LogP) is 4.34. The number of amides is 3. The smallest absolute Gasteiger partial charge is 0.322 e.